The highest BCUT2D eigenvalue weighted by atomic mass is 19.4. The topological polar surface area (TPSA) is 137 Å². The van der Waals surface area contributed by atoms with Crippen LogP contribution in [0.3, 0.4) is 0 Å². The second-order valence-electron chi connectivity index (χ2n) is 12.0. The lowest BCUT2D eigenvalue weighted by molar-refractivity contribution is -0.265. The predicted octanol–water partition coefficient (Wildman–Crippen LogP) is 4.68. The number of aromatic nitrogens is 2. The summed E-state index contributed by atoms with van der Waals surface area (Å²) in [6.07, 6.45) is -0.947. The highest BCUT2D eigenvalue weighted by Crippen LogP contribution is 2.56. The van der Waals surface area contributed by atoms with Gasteiger partial charge in [0.05, 0.1) is 18.3 Å². The predicted molar refractivity (Wildman–Crippen MR) is 156 cm³/mol. The van der Waals surface area contributed by atoms with Crippen molar-refractivity contribution in [2.45, 2.75) is 49.0 Å². The number of aliphatic hydroxyl groups is 1. The van der Waals surface area contributed by atoms with E-state index in [4.69, 9.17) is 15.2 Å². The SMILES string of the molecule is NC(=O)[C@]1(C2CC2)COc2c1cc(C(O)(CNC(=O)c1cc(OC3CC3)c3ncccc3c1)C(F)(F)F)nc2-c1ccc(F)cc1. The number of nitrogens with one attached hydrogen (secondary N) is 1. The molecule has 238 valence electrons. The standard InChI is InChI=1S/C33H28F4N4O5/c34-21-7-3-17(4-8-21)27-28-23(31(16-45-28,30(38)43)20-5-6-20)14-25(41-27)32(44,33(35,36)37)15-40-29(42)19-12-18-2-1-11-39-26(18)24(13-19)46-22-9-10-22/h1-4,7-8,11-14,20,22,44H,5-6,9-10,15-16H2,(H2,38,43)(H,40,42)/t31-,32?/m0/s1. The number of benzene rings is 2. The molecule has 2 saturated carbocycles. The molecule has 0 radical (unpaired) electrons. The number of hydrogen-bond donors (Lipinski definition) is 3. The number of carbonyl (C=O) groups excluding carboxylic acids is 2. The van der Waals surface area contributed by atoms with Crippen LogP contribution in [0.15, 0.2) is 60.8 Å². The summed E-state index contributed by atoms with van der Waals surface area (Å²) in [7, 11) is 0. The zero-order valence-corrected chi connectivity index (χ0v) is 24.2. The number of ether oxygens (including phenoxy) is 2. The summed E-state index contributed by atoms with van der Waals surface area (Å²) in [4.78, 5) is 34.7. The van der Waals surface area contributed by atoms with Crippen LogP contribution in [0.25, 0.3) is 22.2 Å². The Kier molecular flexibility index (Phi) is 6.92. The van der Waals surface area contributed by atoms with Crippen LogP contribution in [0.2, 0.25) is 0 Å². The number of fused-ring (bicyclic) bond motifs is 2. The molecular formula is C33H28F4N4O5. The van der Waals surface area contributed by atoms with Gasteiger partial charge in [-0.15, -0.1) is 0 Å². The molecule has 0 saturated heterocycles. The number of primary amides is 1. The fourth-order valence-electron chi connectivity index (χ4n) is 6.00. The van der Waals surface area contributed by atoms with E-state index in [-0.39, 0.29) is 46.8 Å². The number of nitrogens with two attached hydrogens (primary N) is 1. The number of pyridine rings is 2. The molecule has 2 aromatic carbocycles. The summed E-state index contributed by atoms with van der Waals surface area (Å²) in [6.45, 7) is -1.54. The van der Waals surface area contributed by atoms with Crippen LogP contribution in [0.4, 0.5) is 17.6 Å². The first-order chi connectivity index (χ1) is 21.9. The zero-order valence-electron chi connectivity index (χ0n) is 24.2. The van der Waals surface area contributed by atoms with Gasteiger partial charge in [-0.2, -0.15) is 13.2 Å². The maximum atomic E-state index is 14.9. The Morgan fingerprint density at radius 2 is 1.83 bits per heavy atom. The summed E-state index contributed by atoms with van der Waals surface area (Å²) in [5, 5.41) is 14.2. The second kappa shape index (κ2) is 10.6. The Morgan fingerprint density at radius 1 is 1.09 bits per heavy atom. The molecule has 2 fully saturated rings. The molecule has 1 aliphatic heterocycles. The van der Waals surface area contributed by atoms with E-state index in [2.05, 4.69) is 15.3 Å². The molecule has 46 heavy (non-hydrogen) atoms. The van der Waals surface area contributed by atoms with Gasteiger partial charge in [-0.25, -0.2) is 9.37 Å². The van der Waals surface area contributed by atoms with E-state index in [1.54, 1.807) is 18.3 Å². The molecule has 2 amide bonds. The molecule has 4 N–H and O–H groups in total. The fourth-order valence-corrected chi connectivity index (χ4v) is 6.00. The van der Waals surface area contributed by atoms with Gasteiger partial charge in [-0.1, -0.05) is 6.07 Å². The van der Waals surface area contributed by atoms with Gasteiger partial charge in [0.25, 0.3) is 5.91 Å². The first-order valence-corrected chi connectivity index (χ1v) is 14.8. The first-order valence-electron chi connectivity index (χ1n) is 14.8. The molecule has 0 spiro atoms. The van der Waals surface area contributed by atoms with Crippen molar-refractivity contribution in [3.8, 4) is 22.8 Å². The molecule has 2 aromatic heterocycles. The highest BCUT2D eigenvalue weighted by Gasteiger charge is 2.60. The number of alkyl halides is 3. The van der Waals surface area contributed by atoms with Crippen molar-refractivity contribution < 1.29 is 41.7 Å². The average Bonchev–Trinajstić information content (AvgIpc) is 3.98. The molecule has 4 aromatic rings. The summed E-state index contributed by atoms with van der Waals surface area (Å²) in [6, 6.07) is 12.0. The molecule has 2 aliphatic carbocycles. The van der Waals surface area contributed by atoms with Crippen LogP contribution >= 0.6 is 0 Å². The van der Waals surface area contributed by atoms with E-state index < -0.39 is 47.1 Å². The lowest BCUT2D eigenvalue weighted by Gasteiger charge is -2.32. The van der Waals surface area contributed by atoms with Crippen molar-refractivity contribution in [3.63, 3.8) is 0 Å². The van der Waals surface area contributed by atoms with E-state index in [9.17, 15) is 32.3 Å². The number of amides is 2. The lowest BCUT2D eigenvalue weighted by atomic mass is 9.76. The Bertz CT molecular complexity index is 1880. The number of rotatable bonds is 9. The van der Waals surface area contributed by atoms with Gasteiger partial charge in [0.1, 0.15) is 40.5 Å². The van der Waals surface area contributed by atoms with Gasteiger partial charge in [-0.3, -0.25) is 14.6 Å². The summed E-state index contributed by atoms with van der Waals surface area (Å²) in [5.74, 6) is -2.20. The maximum absolute atomic E-state index is 14.9. The quantitative estimate of drug-likeness (QED) is 0.227. The highest BCUT2D eigenvalue weighted by molar-refractivity contribution is 6.00. The van der Waals surface area contributed by atoms with E-state index in [1.807, 2.05) is 0 Å². The maximum Gasteiger partial charge on any atom is 0.424 e. The lowest BCUT2D eigenvalue weighted by Crippen LogP contribution is -2.52. The monoisotopic (exact) mass is 636 g/mol. The minimum atomic E-state index is -5.34. The van der Waals surface area contributed by atoms with Gasteiger partial charge >= 0.3 is 6.18 Å². The van der Waals surface area contributed by atoms with Crippen LogP contribution < -0.4 is 20.5 Å². The van der Waals surface area contributed by atoms with Gasteiger partial charge in [0.15, 0.2) is 0 Å². The molecule has 7 rings (SSSR count). The fraction of sp³-hybridized carbons (Fsp3) is 0.333. The molecule has 3 aliphatic rings. The largest absolute Gasteiger partial charge is 0.489 e. The zero-order chi connectivity index (χ0) is 32.4. The average molecular weight is 637 g/mol. The van der Waals surface area contributed by atoms with Crippen LogP contribution in [-0.4, -0.2) is 52.3 Å². The Hall–Kier alpha value is -4.78. The number of halogens is 4. The van der Waals surface area contributed by atoms with E-state index in [0.717, 1.165) is 31.0 Å². The summed E-state index contributed by atoms with van der Waals surface area (Å²) < 4.78 is 70.2. The van der Waals surface area contributed by atoms with Crippen molar-refractivity contribution in [1.29, 1.82) is 0 Å². The third-order valence-corrected chi connectivity index (χ3v) is 8.88. The van der Waals surface area contributed by atoms with Crippen LogP contribution in [0, 0.1) is 11.7 Å². The van der Waals surface area contributed by atoms with Crippen molar-refractivity contribution in [2.75, 3.05) is 13.2 Å². The molecule has 0 bridgehead atoms. The third kappa shape index (κ3) is 4.98. The summed E-state index contributed by atoms with van der Waals surface area (Å²) >= 11 is 0. The Morgan fingerprint density at radius 3 is 2.48 bits per heavy atom. The van der Waals surface area contributed by atoms with Crippen molar-refractivity contribution in [2.24, 2.45) is 11.7 Å². The Labute approximate surface area is 259 Å². The van der Waals surface area contributed by atoms with E-state index >= 15 is 0 Å². The molecule has 13 heteroatoms. The van der Waals surface area contributed by atoms with E-state index in [1.165, 1.54) is 24.3 Å². The molecule has 9 nitrogen and oxygen atoms in total. The summed E-state index contributed by atoms with van der Waals surface area (Å²) in [5.41, 5.74) is 0.431. The second-order valence-corrected chi connectivity index (χ2v) is 12.0. The third-order valence-electron chi connectivity index (χ3n) is 8.88. The van der Waals surface area contributed by atoms with Gasteiger partial charge in [-0.05, 0) is 80.1 Å². The normalized spacial score (nSPS) is 20.5. The van der Waals surface area contributed by atoms with Crippen LogP contribution in [0.5, 0.6) is 11.5 Å². The van der Waals surface area contributed by atoms with E-state index in [0.29, 0.717) is 29.5 Å². The molecular weight excluding hydrogens is 608 g/mol. The van der Waals surface area contributed by atoms with Gasteiger partial charge in [0.2, 0.25) is 11.5 Å². The van der Waals surface area contributed by atoms with Crippen molar-refractivity contribution >= 4 is 22.7 Å². The minimum Gasteiger partial charge on any atom is -0.489 e. The molecule has 1 unspecified atom stereocenters. The van der Waals surface area contributed by atoms with Crippen molar-refractivity contribution in [1.82, 2.24) is 15.3 Å². The van der Waals surface area contributed by atoms with Crippen LogP contribution in [-0.2, 0) is 15.8 Å². The van der Waals surface area contributed by atoms with Gasteiger partial charge in [0, 0.05) is 28.3 Å². The number of nitrogens with zero attached hydrogens (tertiary/aromatic N) is 2. The Balaban J connectivity index is 1.29. The first kappa shape index (κ1) is 29.9. The number of carbonyl (C=O) groups is 2. The van der Waals surface area contributed by atoms with Crippen molar-refractivity contribution in [3.05, 3.63) is 83.4 Å². The minimum absolute atomic E-state index is 0.00414. The number of hydrogen-bond acceptors (Lipinski definition) is 7. The van der Waals surface area contributed by atoms with Crippen LogP contribution in [0.1, 0.15) is 47.3 Å². The molecule has 3 heterocycles. The smallest absolute Gasteiger partial charge is 0.424 e. The van der Waals surface area contributed by atoms with Gasteiger partial charge < -0.3 is 25.6 Å². The molecule has 2 atom stereocenters.